The average molecular weight is 372 g/mol. The Morgan fingerprint density at radius 1 is 0.963 bits per heavy atom. The van der Waals surface area contributed by atoms with Crippen LogP contribution in [-0.2, 0) is 16.1 Å². The summed E-state index contributed by atoms with van der Waals surface area (Å²) in [4.78, 5) is 15.7. The van der Waals surface area contributed by atoms with Crippen molar-refractivity contribution in [2.75, 3.05) is 0 Å². The summed E-state index contributed by atoms with van der Waals surface area (Å²) in [5.74, 6) is -0.116. The Kier molecular flexibility index (Phi) is 15.0. The number of unbranched alkanes of at least 4 members (excludes halogenated alkanes) is 8. The van der Waals surface area contributed by atoms with Crippen molar-refractivity contribution in [2.24, 2.45) is 0 Å². The predicted octanol–water partition coefficient (Wildman–Crippen LogP) is 6.94. The van der Waals surface area contributed by atoms with Gasteiger partial charge in [-0.15, -0.1) is 0 Å². The predicted molar refractivity (Wildman–Crippen MR) is 113 cm³/mol. The molecule has 0 aliphatic heterocycles. The first-order valence-electron chi connectivity index (χ1n) is 10.7. The molecule has 0 radical (unpaired) electrons. The standard InChI is InChI=1S/C24H37NO2/c1-2-3-4-5-6-7-8-9-10-11-12-13-14-15-16-19-24(26)27-22-23-18-17-20-25-21-23/h8-9,11-12,17-18,20-21H,2-7,10,13-16,19,22H2,1H3/b9-8-,12-11-. The van der Waals surface area contributed by atoms with Crippen molar-refractivity contribution < 1.29 is 9.53 Å². The van der Waals surface area contributed by atoms with Crippen molar-refractivity contribution in [3.05, 3.63) is 54.4 Å². The Bertz CT molecular complexity index is 522. The Balaban J connectivity index is 1.87. The fraction of sp³-hybridized carbons (Fsp3) is 0.583. The molecule has 150 valence electrons. The minimum absolute atomic E-state index is 0.116. The van der Waals surface area contributed by atoms with Crippen molar-refractivity contribution in [3.8, 4) is 0 Å². The molecule has 0 N–H and O–H groups in total. The monoisotopic (exact) mass is 371 g/mol. The highest BCUT2D eigenvalue weighted by Crippen LogP contribution is 2.08. The zero-order valence-electron chi connectivity index (χ0n) is 17.1. The molecule has 3 heteroatoms. The van der Waals surface area contributed by atoms with Crippen molar-refractivity contribution in [1.29, 1.82) is 0 Å². The Morgan fingerprint density at radius 3 is 2.33 bits per heavy atom. The van der Waals surface area contributed by atoms with Gasteiger partial charge in [-0.3, -0.25) is 9.78 Å². The Labute approximate surface area is 165 Å². The number of carbonyl (C=O) groups is 1. The smallest absolute Gasteiger partial charge is 0.306 e. The first kappa shape index (κ1) is 23.1. The van der Waals surface area contributed by atoms with Crippen LogP contribution in [0.1, 0.15) is 89.5 Å². The number of carbonyl (C=O) groups excluding carboxylic acids is 1. The van der Waals surface area contributed by atoms with Gasteiger partial charge in [-0.05, 0) is 44.6 Å². The van der Waals surface area contributed by atoms with Gasteiger partial charge in [0.1, 0.15) is 6.61 Å². The van der Waals surface area contributed by atoms with Crippen LogP contribution in [0, 0.1) is 0 Å². The van der Waals surface area contributed by atoms with Gasteiger partial charge >= 0.3 is 5.97 Å². The molecule has 0 unspecified atom stereocenters. The van der Waals surface area contributed by atoms with E-state index in [9.17, 15) is 4.79 Å². The summed E-state index contributed by atoms with van der Waals surface area (Å²) in [5.41, 5.74) is 0.932. The van der Waals surface area contributed by atoms with Crippen LogP contribution in [0.3, 0.4) is 0 Å². The lowest BCUT2D eigenvalue weighted by Crippen LogP contribution is -2.04. The van der Waals surface area contributed by atoms with Gasteiger partial charge in [0, 0.05) is 24.4 Å². The molecule has 0 bridgehead atoms. The van der Waals surface area contributed by atoms with Gasteiger partial charge in [0.25, 0.3) is 0 Å². The Hall–Kier alpha value is -1.90. The third-order valence-electron chi connectivity index (χ3n) is 4.45. The van der Waals surface area contributed by atoms with Crippen LogP contribution in [-0.4, -0.2) is 11.0 Å². The summed E-state index contributed by atoms with van der Waals surface area (Å²) in [6.45, 7) is 2.58. The van der Waals surface area contributed by atoms with Crippen LogP contribution >= 0.6 is 0 Å². The number of hydrogen-bond donors (Lipinski definition) is 0. The van der Waals surface area contributed by atoms with E-state index in [4.69, 9.17) is 4.74 Å². The third-order valence-corrected chi connectivity index (χ3v) is 4.45. The molecule has 0 atom stereocenters. The van der Waals surface area contributed by atoms with Gasteiger partial charge in [-0.1, -0.05) is 69.4 Å². The molecule has 1 heterocycles. The van der Waals surface area contributed by atoms with E-state index in [1.165, 1.54) is 38.5 Å². The van der Waals surface area contributed by atoms with Gasteiger partial charge in [0.15, 0.2) is 0 Å². The summed E-state index contributed by atoms with van der Waals surface area (Å²) in [6, 6.07) is 3.76. The topological polar surface area (TPSA) is 39.2 Å². The summed E-state index contributed by atoms with van der Waals surface area (Å²) in [6.07, 6.45) is 26.2. The summed E-state index contributed by atoms with van der Waals surface area (Å²) >= 11 is 0. The van der Waals surface area contributed by atoms with E-state index in [-0.39, 0.29) is 5.97 Å². The van der Waals surface area contributed by atoms with Crippen molar-refractivity contribution in [2.45, 2.75) is 90.6 Å². The summed E-state index contributed by atoms with van der Waals surface area (Å²) in [7, 11) is 0. The minimum Gasteiger partial charge on any atom is -0.461 e. The van der Waals surface area contributed by atoms with Crippen LogP contribution in [0.25, 0.3) is 0 Å². The molecule has 1 rings (SSSR count). The molecule has 0 saturated heterocycles. The second-order valence-corrected chi connectivity index (χ2v) is 7.00. The van der Waals surface area contributed by atoms with E-state index in [1.54, 1.807) is 12.4 Å². The van der Waals surface area contributed by atoms with Crippen LogP contribution < -0.4 is 0 Å². The lowest BCUT2D eigenvalue weighted by molar-refractivity contribution is -0.145. The van der Waals surface area contributed by atoms with Crippen molar-refractivity contribution >= 4 is 5.97 Å². The second kappa shape index (κ2) is 17.5. The zero-order chi connectivity index (χ0) is 19.4. The highest BCUT2D eigenvalue weighted by Gasteiger charge is 2.02. The van der Waals surface area contributed by atoms with Crippen molar-refractivity contribution in [3.63, 3.8) is 0 Å². The molecule has 0 aliphatic rings. The molecular weight excluding hydrogens is 334 g/mol. The number of ether oxygens (including phenoxy) is 1. The molecule has 0 saturated carbocycles. The quantitative estimate of drug-likeness (QED) is 0.179. The molecule has 0 aromatic carbocycles. The molecule has 0 spiro atoms. The van der Waals surface area contributed by atoms with Crippen LogP contribution in [0.2, 0.25) is 0 Å². The average Bonchev–Trinajstić information content (AvgIpc) is 2.70. The van der Waals surface area contributed by atoms with E-state index < -0.39 is 0 Å². The molecular formula is C24H37NO2. The highest BCUT2D eigenvalue weighted by atomic mass is 16.5. The molecule has 27 heavy (non-hydrogen) atoms. The Morgan fingerprint density at radius 2 is 1.67 bits per heavy atom. The largest absolute Gasteiger partial charge is 0.461 e. The third kappa shape index (κ3) is 14.9. The van der Waals surface area contributed by atoms with Gasteiger partial charge in [0.05, 0.1) is 0 Å². The van der Waals surface area contributed by atoms with Crippen molar-refractivity contribution in [1.82, 2.24) is 4.98 Å². The molecule has 1 aromatic rings. The molecule has 0 fully saturated rings. The first-order valence-corrected chi connectivity index (χ1v) is 10.7. The van der Waals surface area contributed by atoms with E-state index in [1.807, 2.05) is 12.1 Å². The van der Waals surface area contributed by atoms with Crippen LogP contribution in [0.15, 0.2) is 48.8 Å². The number of pyridine rings is 1. The van der Waals surface area contributed by atoms with Crippen LogP contribution in [0.4, 0.5) is 0 Å². The van der Waals surface area contributed by atoms with Gasteiger partial charge in [0.2, 0.25) is 0 Å². The lowest BCUT2D eigenvalue weighted by atomic mass is 10.1. The van der Waals surface area contributed by atoms with Gasteiger partial charge in [-0.2, -0.15) is 0 Å². The molecule has 1 aromatic heterocycles. The SMILES string of the molecule is CCCCCCC/C=C\C/C=C\CCCCCC(=O)OCc1cccnc1. The molecule has 0 amide bonds. The number of hydrogen-bond acceptors (Lipinski definition) is 3. The first-order chi connectivity index (χ1) is 13.3. The van der Waals surface area contributed by atoms with E-state index in [0.717, 1.165) is 37.7 Å². The number of esters is 1. The second-order valence-electron chi connectivity index (χ2n) is 7.00. The number of aromatic nitrogens is 1. The van der Waals surface area contributed by atoms with Gasteiger partial charge < -0.3 is 4.74 Å². The summed E-state index contributed by atoms with van der Waals surface area (Å²) < 4.78 is 5.25. The zero-order valence-corrected chi connectivity index (χ0v) is 17.1. The fourth-order valence-electron chi connectivity index (χ4n) is 2.80. The molecule has 0 aliphatic carbocycles. The fourth-order valence-corrected chi connectivity index (χ4v) is 2.80. The minimum atomic E-state index is -0.116. The van der Waals surface area contributed by atoms with E-state index >= 15 is 0 Å². The van der Waals surface area contributed by atoms with E-state index in [2.05, 4.69) is 36.2 Å². The number of rotatable bonds is 16. The number of allylic oxidation sites excluding steroid dienone is 4. The maximum Gasteiger partial charge on any atom is 0.306 e. The van der Waals surface area contributed by atoms with E-state index in [0.29, 0.717) is 13.0 Å². The summed E-state index contributed by atoms with van der Waals surface area (Å²) in [5, 5.41) is 0. The normalized spacial score (nSPS) is 11.4. The highest BCUT2D eigenvalue weighted by molar-refractivity contribution is 5.69. The van der Waals surface area contributed by atoms with Gasteiger partial charge in [-0.25, -0.2) is 0 Å². The van der Waals surface area contributed by atoms with Crippen LogP contribution in [0.5, 0.6) is 0 Å². The molecule has 3 nitrogen and oxygen atoms in total. The number of nitrogens with zero attached hydrogens (tertiary/aromatic N) is 1. The maximum atomic E-state index is 11.7. The lowest BCUT2D eigenvalue weighted by Gasteiger charge is -2.04. The maximum absolute atomic E-state index is 11.7.